The largest absolute Gasteiger partial charge is 0.338 e. The van der Waals surface area contributed by atoms with E-state index in [9.17, 15) is 8.42 Å². The fourth-order valence-corrected chi connectivity index (χ4v) is 3.91. The molecule has 0 radical (unpaired) electrons. The fourth-order valence-electron chi connectivity index (χ4n) is 2.82. The molecule has 1 aliphatic heterocycles. The Balaban J connectivity index is 1.38. The lowest BCUT2D eigenvalue weighted by molar-refractivity contribution is 0.254. The first-order chi connectivity index (χ1) is 12.1. The zero-order valence-electron chi connectivity index (χ0n) is 14.1. The van der Waals surface area contributed by atoms with Crippen LogP contribution in [0.2, 0.25) is 0 Å². The summed E-state index contributed by atoms with van der Waals surface area (Å²) in [4.78, 5) is 13.4. The van der Waals surface area contributed by atoms with Crippen LogP contribution >= 0.6 is 0 Å². The Morgan fingerprint density at radius 3 is 2.32 bits per heavy atom. The minimum absolute atomic E-state index is 0.312. The number of sulfonamides is 1. The Morgan fingerprint density at radius 1 is 0.960 bits per heavy atom. The normalized spacial score (nSPS) is 16.1. The smallest absolute Gasteiger partial charge is 0.240 e. The van der Waals surface area contributed by atoms with E-state index in [1.807, 2.05) is 6.07 Å². The summed E-state index contributed by atoms with van der Waals surface area (Å²) in [5, 5.41) is 0. The summed E-state index contributed by atoms with van der Waals surface area (Å²) < 4.78 is 26.9. The average Bonchev–Trinajstić information content (AvgIpc) is 2.67. The van der Waals surface area contributed by atoms with Gasteiger partial charge in [-0.25, -0.2) is 23.1 Å². The number of hydrogen-bond acceptors (Lipinski definition) is 6. The van der Waals surface area contributed by atoms with Crippen LogP contribution in [0.5, 0.6) is 0 Å². The molecule has 7 nitrogen and oxygen atoms in total. The summed E-state index contributed by atoms with van der Waals surface area (Å²) >= 11 is 0. The van der Waals surface area contributed by atoms with Gasteiger partial charge in [0.15, 0.2) is 0 Å². The number of aromatic nitrogens is 2. The van der Waals surface area contributed by atoms with Gasteiger partial charge in [0.1, 0.15) is 0 Å². The molecular formula is C17H23N5O2S. The van der Waals surface area contributed by atoms with Crippen LogP contribution in [0, 0.1) is 0 Å². The van der Waals surface area contributed by atoms with Crippen molar-refractivity contribution in [2.24, 2.45) is 0 Å². The van der Waals surface area contributed by atoms with Crippen LogP contribution in [0.3, 0.4) is 0 Å². The predicted octanol–water partition coefficient (Wildman–Crippen LogP) is 0.967. The number of piperazine rings is 1. The van der Waals surface area contributed by atoms with Gasteiger partial charge in [-0.3, -0.25) is 4.90 Å². The van der Waals surface area contributed by atoms with E-state index in [0.717, 1.165) is 45.1 Å². The third kappa shape index (κ3) is 4.97. The van der Waals surface area contributed by atoms with Crippen LogP contribution in [-0.4, -0.2) is 62.6 Å². The minimum Gasteiger partial charge on any atom is -0.338 e. The summed E-state index contributed by atoms with van der Waals surface area (Å²) in [6.07, 6.45) is 4.30. The van der Waals surface area contributed by atoms with Crippen molar-refractivity contribution in [1.29, 1.82) is 0 Å². The van der Waals surface area contributed by atoms with Crippen LogP contribution in [-0.2, 0) is 10.0 Å². The maximum atomic E-state index is 12.1. The van der Waals surface area contributed by atoms with Gasteiger partial charge in [0.25, 0.3) is 0 Å². The van der Waals surface area contributed by atoms with Crippen molar-refractivity contribution in [1.82, 2.24) is 19.6 Å². The molecule has 1 aliphatic rings. The van der Waals surface area contributed by atoms with Crippen molar-refractivity contribution in [3.63, 3.8) is 0 Å². The Hall–Kier alpha value is -2.03. The van der Waals surface area contributed by atoms with Gasteiger partial charge in [0.2, 0.25) is 16.0 Å². The molecule has 0 bridgehead atoms. The van der Waals surface area contributed by atoms with E-state index in [1.54, 1.807) is 42.7 Å². The first-order valence-corrected chi connectivity index (χ1v) is 9.92. The SMILES string of the molecule is O=S(=O)(NCCCN1CCN(c2ncccn2)CC1)c1ccccc1. The number of nitrogens with one attached hydrogen (secondary N) is 1. The second kappa shape index (κ2) is 8.37. The Kier molecular flexibility index (Phi) is 5.95. The van der Waals surface area contributed by atoms with Crippen molar-refractivity contribution in [3.8, 4) is 0 Å². The molecule has 1 aromatic carbocycles. The van der Waals surface area contributed by atoms with Crippen molar-refractivity contribution in [2.45, 2.75) is 11.3 Å². The second-order valence-corrected chi connectivity index (χ2v) is 7.71. The van der Waals surface area contributed by atoms with Gasteiger partial charge in [-0.15, -0.1) is 0 Å². The molecule has 8 heteroatoms. The lowest BCUT2D eigenvalue weighted by Gasteiger charge is -2.34. The van der Waals surface area contributed by atoms with Crippen molar-refractivity contribution < 1.29 is 8.42 Å². The van der Waals surface area contributed by atoms with Crippen LogP contribution in [0.15, 0.2) is 53.7 Å². The highest BCUT2D eigenvalue weighted by molar-refractivity contribution is 7.89. The topological polar surface area (TPSA) is 78.4 Å². The van der Waals surface area contributed by atoms with Crippen LogP contribution in [0.25, 0.3) is 0 Å². The van der Waals surface area contributed by atoms with Crippen molar-refractivity contribution in [3.05, 3.63) is 48.8 Å². The fraction of sp³-hybridized carbons (Fsp3) is 0.412. The Morgan fingerprint density at radius 2 is 1.64 bits per heavy atom. The standard InChI is InChI=1S/C17H23N5O2S/c23-25(24,16-6-2-1-3-7-16)20-10-5-11-21-12-14-22(15-13-21)17-18-8-4-9-19-17/h1-4,6-9,20H,5,10-15H2. The molecule has 3 rings (SSSR count). The number of rotatable bonds is 7. The molecule has 1 aromatic heterocycles. The Labute approximate surface area is 148 Å². The van der Waals surface area contributed by atoms with Crippen LogP contribution < -0.4 is 9.62 Å². The van der Waals surface area contributed by atoms with Gasteiger partial charge in [-0.05, 0) is 31.2 Å². The zero-order valence-corrected chi connectivity index (χ0v) is 14.9. The van der Waals surface area contributed by atoms with E-state index in [2.05, 4.69) is 24.5 Å². The van der Waals surface area contributed by atoms with E-state index in [1.165, 1.54) is 0 Å². The predicted molar refractivity (Wildman–Crippen MR) is 96.9 cm³/mol. The molecule has 1 fully saturated rings. The van der Waals surface area contributed by atoms with Gasteiger partial charge in [-0.2, -0.15) is 0 Å². The lowest BCUT2D eigenvalue weighted by Crippen LogP contribution is -2.47. The van der Waals surface area contributed by atoms with Crippen molar-refractivity contribution >= 4 is 16.0 Å². The van der Waals surface area contributed by atoms with Gasteiger partial charge in [-0.1, -0.05) is 18.2 Å². The summed E-state index contributed by atoms with van der Waals surface area (Å²) in [7, 11) is -3.40. The molecule has 0 aliphatic carbocycles. The minimum atomic E-state index is -3.40. The van der Waals surface area contributed by atoms with E-state index >= 15 is 0 Å². The molecule has 0 amide bonds. The molecule has 25 heavy (non-hydrogen) atoms. The Bertz CT molecular complexity index is 747. The summed E-state index contributed by atoms with van der Waals surface area (Å²) in [6, 6.07) is 10.3. The maximum Gasteiger partial charge on any atom is 0.240 e. The quantitative estimate of drug-likeness (QED) is 0.741. The van der Waals surface area contributed by atoms with Crippen LogP contribution in [0.4, 0.5) is 5.95 Å². The molecule has 2 aromatic rings. The highest BCUT2D eigenvalue weighted by Gasteiger charge is 2.18. The van der Waals surface area contributed by atoms with Gasteiger partial charge in [0, 0.05) is 45.1 Å². The third-order valence-corrected chi connectivity index (χ3v) is 5.68. The zero-order chi connectivity index (χ0) is 17.5. The molecule has 0 unspecified atom stereocenters. The van der Waals surface area contributed by atoms with E-state index in [0.29, 0.717) is 11.4 Å². The molecule has 0 spiro atoms. The van der Waals surface area contributed by atoms with E-state index in [4.69, 9.17) is 0 Å². The number of benzene rings is 1. The number of nitrogens with zero attached hydrogens (tertiary/aromatic N) is 4. The highest BCUT2D eigenvalue weighted by atomic mass is 32.2. The first-order valence-electron chi connectivity index (χ1n) is 8.44. The number of anilines is 1. The molecule has 1 N–H and O–H groups in total. The summed E-state index contributed by atoms with van der Waals surface area (Å²) in [5.74, 6) is 0.776. The van der Waals surface area contributed by atoms with Gasteiger partial charge >= 0.3 is 0 Å². The summed E-state index contributed by atoms with van der Waals surface area (Å²) in [5.41, 5.74) is 0. The monoisotopic (exact) mass is 361 g/mol. The van der Waals surface area contributed by atoms with Gasteiger partial charge < -0.3 is 4.90 Å². The van der Waals surface area contributed by atoms with E-state index < -0.39 is 10.0 Å². The molecule has 0 saturated carbocycles. The van der Waals surface area contributed by atoms with Gasteiger partial charge in [0.05, 0.1) is 4.90 Å². The van der Waals surface area contributed by atoms with Crippen molar-refractivity contribution in [2.75, 3.05) is 44.2 Å². The molecule has 1 saturated heterocycles. The third-order valence-electron chi connectivity index (χ3n) is 4.20. The molecule has 0 atom stereocenters. The molecular weight excluding hydrogens is 338 g/mol. The highest BCUT2D eigenvalue weighted by Crippen LogP contribution is 2.10. The average molecular weight is 361 g/mol. The maximum absolute atomic E-state index is 12.1. The van der Waals surface area contributed by atoms with E-state index in [-0.39, 0.29) is 0 Å². The van der Waals surface area contributed by atoms with Crippen LogP contribution in [0.1, 0.15) is 6.42 Å². The summed E-state index contributed by atoms with van der Waals surface area (Å²) in [6.45, 7) is 4.97. The number of hydrogen-bond donors (Lipinski definition) is 1. The first kappa shape index (κ1) is 17.8. The molecule has 134 valence electrons. The molecule has 2 heterocycles. The second-order valence-electron chi connectivity index (χ2n) is 5.94. The lowest BCUT2D eigenvalue weighted by atomic mass is 10.3.